The van der Waals surface area contributed by atoms with Gasteiger partial charge in [0, 0.05) is 23.4 Å². The number of nitrogens with zero attached hydrogens (tertiary/aromatic N) is 2. The van der Waals surface area contributed by atoms with Gasteiger partial charge in [0.2, 0.25) is 0 Å². The Bertz CT molecular complexity index is 751. The summed E-state index contributed by atoms with van der Waals surface area (Å²) in [5.74, 6) is 1.73. The molecule has 0 spiro atoms. The number of anilines is 1. The highest BCUT2D eigenvalue weighted by Gasteiger charge is 2.09. The second kappa shape index (κ2) is 5.66. The van der Waals surface area contributed by atoms with Crippen LogP contribution in [0.4, 0.5) is 5.69 Å². The lowest BCUT2D eigenvalue weighted by atomic mass is 10.1. The normalized spacial score (nSPS) is 10.5. The first-order valence-electron chi connectivity index (χ1n) is 6.73. The van der Waals surface area contributed by atoms with Crippen molar-refractivity contribution >= 4 is 5.69 Å². The monoisotopic (exact) mass is 280 g/mol. The van der Waals surface area contributed by atoms with Crippen LogP contribution in [-0.2, 0) is 6.54 Å². The van der Waals surface area contributed by atoms with Crippen molar-refractivity contribution in [1.82, 2.24) is 15.2 Å². The molecule has 0 aliphatic rings. The van der Waals surface area contributed by atoms with Gasteiger partial charge in [-0.3, -0.25) is 5.10 Å². The van der Waals surface area contributed by atoms with Crippen molar-refractivity contribution in [3.8, 4) is 17.1 Å². The van der Waals surface area contributed by atoms with Crippen molar-refractivity contribution in [1.29, 1.82) is 0 Å². The summed E-state index contributed by atoms with van der Waals surface area (Å²) in [5.41, 5.74) is 2.70. The Balaban J connectivity index is 1.85. The number of para-hydroxylation sites is 2. The average Bonchev–Trinajstić information content (AvgIpc) is 2.93. The molecule has 3 N–H and O–H groups in total. The molecule has 5 heteroatoms. The third-order valence-electron chi connectivity index (χ3n) is 3.23. The van der Waals surface area contributed by atoms with Crippen LogP contribution in [0.5, 0.6) is 5.75 Å². The third-order valence-corrected chi connectivity index (χ3v) is 3.23. The van der Waals surface area contributed by atoms with E-state index in [0.29, 0.717) is 12.4 Å². The molecule has 1 heterocycles. The maximum Gasteiger partial charge on any atom is 0.183 e. The molecular weight excluding hydrogens is 264 g/mol. The Morgan fingerprint density at radius 3 is 2.62 bits per heavy atom. The van der Waals surface area contributed by atoms with Crippen LogP contribution in [0.25, 0.3) is 11.4 Å². The number of rotatable bonds is 4. The van der Waals surface area contributed by atoms with Gasteiger partial charge in [0.15, 0.2) is 5.82 Å². The van der Waals surface area contributed by atoms with Gasteiger partial charge in [0.05, 0.1) is 0 Å². The maximum atomic E-state index is 9.81. The molecular formula is C16H16N4O. The molecule has 2 aromatic carbocycles. The first kappa shape index (κ1) is 13.2. The van der Waals surface area contributed by atoms with Crippen LogP contribution < -0.4 is 5.32 Å². The van der Waals surface area contributed by atoms with Crippen molar-refractivity contribution < 1.29 is 5.11 Å². The Morgan fingerprint density at radius 1 is 1.10 bits per heavy atom. The standard InChI is InChI=1S/C16H16N4O/c1-11-18-16(20-19-11)13-7-3-4-8-14(13)17-10-12-6-2-5-9-15(12)21/h2-9,17,21H,10H2,1H3,(H,18,19,20). The van der Waals surface area contributed by atoms with E-state index in [0.717, 1.165) is 22.6 Å². The largest absolute Gasteiger partial charge is 0.508 e. The van der Waals surface area contributed by atoms with Gasteiger partial charge in [-0.25, -0.2) is 4.98 Å². The van der Waals surface area contributed by atoms with Crippen LogP contribution in [0.2, 0.25) is 0 Å². The SMILES string of the molecule is Cc1nc(-c2ccccc2NCc2ccccc2O)n[nH]1. The first-order chi connectivity index (χ1) is 10.2. The molecule has 0 bridgehead atoms. The molecule has 0 saturated heterocycles. The van der Waals surface area contributed by atoms with E-state index in [9.17, 15) is 5.11 Å². The molecule has 0 amide bonds. The van der Waals surface area contributed by atoms with Gasteiger partial charge in [0.1, 0.15) is 11.6 Å². The second-order valence-electron chi connectivity index (χ2n) is 4.77. The number of aromatic amines is 1. The molecule has 0 atom stereocenters. The fraction of sp³-hybridized carbons (Fsp3) is 0.125. The fourth-order valence-corrected chi connectivity index (χ4v) is 2.15. The number of hydrogen-bond donors (Lipinski definition) is 3. The number of benzene rings is 2. The van der Waals surface area contributed by atoms with E-state index in [1.807, 2.05) is 49.4 Å². The third kappa shape index (κ3) is 2.86. The van der Waals surface area contributed by atoms with E-state index in [2.05, 4.69) is 20.5 Å². The summed E-state index contributed by atoms with van der Waals surface area (Å²) in [6.45, 7) is 2.40. The van der Waals surface area contributed by atoms with Crippen LogP contribution in [0, 0.1) is 6.92 Å². The predicted octanol–water partition coefficient (Wildman–Crippen LogP) is 3.10. The topological polar surface area (TPSA) is 73.8 Å². The van der Waals surface area contributed by atoms with Gasteiger partial charge in [-0.15, -0.1) is 0 Å². The number of H-pyrrole nitrogens is 1. The zero-order valence-corrected chi connectivity index (χ0v) is 11.7. The second-order valence-corrected chi connectivity index (χ2v) is 4.77. The van der Waals surface area contributed by atoms with Crippen LogP contribution in [-0.4, -0.2) is 20.3 Å². The lowest BCUT2D eigenvalue weighted by Gasteiger charge is -2.11. The van der Waals surface area contributed by atoms with Crippen molar-refractivity contribution in [3.63, 3.8) is 0 Å². The Hall–Kier alpha value is -2.82. The highest BCUT2D eigenvalue weighted by atomic mass is 16.3. The first-order valence-corrected chi connectivity index (χ1v) is 6.73. The highest BCUT2D eigenvalue weighted by Crippen LogP contribution is 2.26. The smallest absolute Gasteiger partial charge is 0.183 e. The fourth-order valence-electron chi connectivity index (χ4n) is 2.15. The van der Waals surface area contributed by atoms with Crippen molar-refractivity contribution in [3.05, 3.63) is 59.9 Å². The molecule has 0 aliphatic heterocycles. The number of phenolic OH excluding ortho intramolecular Hbond substituents is 1. The number of nitrogens with one attached hydrogen (secondary N) is 2. The molecule has 5 nitrogen and oxygen atoms in total. The van der Waals surface area contributed by atoms with Gasteiger partial charge in [-0.1, -0.05) is 30.3 Å². The minimum absolute atomic E-state index is 0.288. The number of aromatic nitrogens is 3. The summed E-state index contributed by atoms with van der Waals surface area (Å²) >= 11 is 0. The molecule has 3 aromatic rings. The molecule has 0 unspecified atom stereocenters. The van der Waals surface area contributed by atoms with Crippen molar-refractivity contribution in [2.75, 3.05) is 5.32 Å². The van der Waals surface area contributed by atoms with Gasteiger partial charge < -0.3 is 10.4 Å². The van der Waals surface area contributed by atoms with E-state index in [-0.39, 0.29) is 5.75 Å². The minimum Gasteiger partial charge on any atom is -0.508 e. The molecule has 0 aliphatic carbocycles. The highest BCUT2D eigenvalue weighted by molar-refractivity contribution is 5.73. The quantitative estimate of drug-likeness (QED) is 0.686. The number of aryl methyl sites for hydroxylation is 1. The number of phenols is 1. The Kier molecular flexibility index (Phi) is 3.55. The number of aromatic hydroxyl groups is 1. The molecule has 0 saturated carbocycles. The lowest BCUT2D eigenvalue weighted by molar-refractivity contribution is 0.469. The van der Waals surface area contributed by atoms with Crippen LogP contribution in [0.15, 0.2) is 48.5 Å². The summed E-state index contributed by atoms with van der Waals surface area (Å²) in [6.07, 6.45) is 0. The molecule has 3 rings (SSSR count). The summed E-state index contributed by atoms with van der Waals surface area (Å²) in [5, 5.41) is 20.2. The van der Waals surface area contributed by atoms with E-state index in [1.54, 1.807) is 6.07 Å². The van der Waals surface area contributed by atoms with Gasteiger partial charge >= 0.3 is 0 Å². The molecule has 0 radical (unpaired) electrons. The van der Waals surface area contributed by atoms with Crippen LogP contribution in [0.3, 0.4) is 0 Å². The van der Waals surface area contributed by atoms with Crippen molar-refractivity contribution in [2.45, 2.75) is 13.5 Å². The average molecular weight is 280 g/mol. The van der Waals surface area contributed by atoms with E-state index in [1.165, 1.54) is 0 Å². The minimum atomic E-state index is 0.288. The summed E-state index contributed by atoms with van der Waals surface area (Å²) < 4.78 is 0. The Morgan fingerprint density at radius 2 is 1.86 bits per heavy atom. The summed E-state index contributed by atoms with van der Waals surface area (Å²) in [4.78, 5) is 4.36. The van der Waals surface area contributed by atoms with Crippen LogP contribution in [0.1, 0.15) is 11.4 Å². The van der Waals surface area contributed by atoms with Gasteiger partial charge in [-0.05, 0) is 25.1 Å². The molecule has 106 valence electrons. The number of hydrogen-bond acceptors (Lipinski definition) is 4. The van der Waals surface area contributed by atoms with Gasteiger partial charge in [0.25, 0.3) is 0 Å². The van der Waals surface area contributed by atoms with Crippen LogP contribution >= 0.6 is 0 Å². The van der Waals surface area contributed by atoms with Crippen molar-refractivity contribution in [2.24, 2.45) is 0 Å². The van der Waals surface area contributed by atoms with E-state index in [4.69, 9.17) is 0 Å². The zero-order chi connectivity index (χ0) is 14.7. The van der Waals surface area contributed by atoms with E-state index < -0.39 is 0 Å². The predicted molar refractivity (Wildman–Crippen MR) is 82.0 cm³/mol. The summed E-state index contributed by atoms with van der Waals surface area (Å²) in [6, 6.07) is 15.1. The molecule has 0 fully saturated rings. The zero-order valence-electron chi connectivity index (χ0n) is 11.7. The summed E-state index contributed by atoms with van der Waals surface area (Å²) in [7, 11) is 0. The van der Waals surface area contributed by atoms with E-state index >= 15 is 0 Å². The molecule has 1 aromatic heterocycles. The Labute approximate surface area is 122 Å². The van der Waals surface area contributed by atoms with Gasteiger partial charge in [-0.2, -0.15) is 5.10 Å². The lowest BCUT2D eigenvalue weighted by Crippen LogP contribution is -2.01. The maximum absolute atomic E-state index is 9.81. The molecule has 21 heavy (non-hydrogen) atoms.